The van der Waals surface area contributed by atoms with Crippen LogP contribution < -0.4 is 15.6 Å². The molecule has 4 rings (SSSR count). The maximum atomic E-state index is 14.9. The number of hydrogen-bond donors (Lipinski definition) is 2. The monoisotopic (exact) mass is 432 g/mol. The molecule has 0 radical (unpaired) electrons. The summed E-state index contributed by atoms with van der Waals surface area (Å²) in [5.41, 5.74) is -1.95. The lowest BCUT2D eigenvalue weighted by Crippen LogP contribution is -2.26. The lowest BCUT2D eigenvalue weighted by atomic mass is 10.1. The van der Waals surface area contributed by atoms with Gasteiger partial charge in [-0.1, -0.05) is 0 Å². The van der Waals surface area contributed by atoms with Gasteiger partial charge in [-0.05, 0) is 44.1 Å². The van der Waals surface area contributed by atoms with Crippen LogP contribution in [0.25, 0.3) is 16.7 Å². The van der Waals surface area contributed by atoms with Gasteiger partial charge in [-0.15, -0.1) is 0 Å². The van der Waals surface area contributed by atoms with Crippen LogP contribution in [-0.4, -0.2) is 47.3 Å². The van der Waals surface area contributed by atoms with Crippen LogP contribution in [0.2, 0.25) is 0 Å². The summed E-state index contributed by atoms with van der Waals surface area (Å²) in [6.45, 7) is 1.84. The molecule has 3 heterocycles. The molecule has 7 nitrogen and oxygen atoms in total. The van der Waals surface area contributed by atoms with E-state index in [4.69, 9.17) is 0 Å². The van der Waals surface area contributed by atoms with Crippen LogP contribution in [0, 0.1) is 23.4 Å². The highest BCUT2D eigenvalue weighted by molar-refractivity contribution is 5.92. The molecular formula is C21H19F3N4O3. The van der Waals surface area contributed by atoms with Gasteiger partial charge in [0.05, 0.1) is 11.1 Å². The van der Waals surface area contributed by atoms with E-state index in [0.717, 1.165) is 41.9 Å². The number of anilines is 1. The van der Waals surface area contributed by atoms with Crippen molar-refractivity contribution in [3.63, 3.8) is 0 Å². The minimum absolute atomic E-state index is 0.00940. The van der Waals surface area contributed by atoms with E-state index < -0.39 is 34.4 Å². The number of benzene rings is 1. The highest BCUT2D eigenvalue weighted by atomic mass is 19.1. The first-order valence-corrected chi connectivity index (χ1v) is 9.64. The van der Waals surface area contributed by atoms with Gasteiger partial charge in [0.25, 0.3) is 0 Å². The molecule has 2 aromatic heterocycles. The van der Waals surface area contributed by atoms with E-state index in [1.165, 1.54) is 0 Å². The molecule has 3 aromatic rings. The molecule has 0 saturated carbocycles. The summed E-state index contributed by atoms with van der Waals surface area (Å²) in [6.07, 6.45) is 1.74. The zero-order chi connectivity index (χ0) is 22.3. The molecule has 10 heteroatoms. The van der Waals surface area contributed by atoms with Crippen LogP contribution in [0.1, 0.15) is 16.8 Å². The van der Waals surface area contributed by atoms with Crippen LogP contribution in [0.4, 0.5) is 19.0 Å². The van der Waals surface area contributed by atoms with Gasteiger partial charge < -0.3 is 15.3 Å². The van der Waals surface area contributed by atoms with Gasteiger partial charge in [0.1, 0.15) is 17.2 Å². The van der Waals surface area contributed by atoms with Crippen molar-refractivity contribution in [2.45, 2.75) is 6.42 Å². The maximum Gasteiger partial charge on any atom is 0.341 e. The van der Waals surface area contributed by atoms with Crippen molar-refractivity contribution in [1.29, 1.82) is 0 Å². The topological polar surface area (TPSA) is 87.5 Å². The number of carboxylic acids is 1. The number of aromatic carboxylic acids is 1. The fourth-order valence-corrected chi connectivity index (χ4v) is 3.93. The number of halogens is 3. The number of fused-ring (bicyclic) bond motifs is 1. The summed E-state index contributed by atoms with van der Waals surface area (Å²) in [5.74, 6) is -3.86. The number of carboxylic acid groups (broad SMARTS) is 1. The summed E-state index contributed by atoms with van der Waals surface area (Å²) < 4.78 is 43.9. The van der Waals surface area contributed by atoms with Gasteiger partial charge in [0, 0.05) is 25.4 Å². The van der Waals surface area contributed by atoms with E-state index in [2.05, 4.69) is 10.3 Å². The predicted octanol–water partition coefficient (Wildman–Crippen LogP) is 2.55. The molecule has 0 spiro atoms. The average Bonchev–Trinajstić information content (AvgIpc) is 3.17. The van der Waals surface area contributed by atoms with E-state index in [1.54, 1.807) is 4.90 Å². The van der Waals surface area contributed by atoms with Gasteiger partial charge in [0.15, 0.2) is 17.3 Å². The Morgan fingerprint density at radius 3 is 2.71 bits per heavy atom. The Labute approximate surface area is 174 Å². The summed E-state index contributed by atoms with van der Waals surface area (Å²) >= 11 is 0. The Bertz CT molecular complexity index is 1240. The third-order valence-electron chi connectivity index (χ3n) is 5.39. The smallest absolute Gasteiger partial charge is 0.341 e. The third-order valence-corrected chi connectivity index (χ3v) is 5.39. The minimum Gasteiger partial charge on any atom is -0.477 e. The van der Waals surface area contributed by atoms with Gasteiger partial charge in [0.2, 0.25) is 5.43 Å². The Hall–Kier alpha value is -3.40. The van der Waals surface area contributed by atoms with Crippen molar-refractivity contribution in [2.75, 3.05) is 31.6 Å². The maximum absolute atomic E-state index is 14.9. The Morgan fingerprint density at radius 2 is 2.03 bits per heavy atom. The molecular weight excluding hydrogens is 413 g/mol. The summed E-state index contributed by atoms with van der Waals surface area (Å²) in [7, 11) is 1.83. The highest BCUT2D eigenvalue weighted by Gasteiger charge is 2.27. The molecule has 1 fully saturated rings. The van der Waals surface area contributed by atoms with Crippen LogP contribution in [0.15, 0.2) is 35.3 Å². The van der Waals surface area contributed by atoms with Gasteiger partial charge >= 0.3 is 5.97 Å². The summed E-state index contributed by atoms with van der Waals surface area (Å²) in [5, 5.41) is 12.2. The Balaban J connectivity index is 1.96. The molecule has 0 amide bonds. The number of pyridine rings is 2. The molecule has 1 aromatic carbocycles. The Kier molecular flexibility index (Phi) is 5.40. The second-order valence-electron chi connectivity index (χ2n) is 7.47. The number of rotatable bonds is 5. The molecule has 1 aliphatic heterocycles. The largest absolute Gasteiger partial charge is 0.477 e. The van der Waals surface area contributed by atoms with Crippen LogP contribution in [0.3, 0.4) is 0 Å². The fourth-order valence-electron chi connectivity index (χ4n) is 3.93. The molecule has 2 N–H and O–H groups in total. The van der Waals surface area contributed by atoms with Crippen molar-refractivity contribution in [1.82, 2.24) is 14.9 Å². The number of aromatic nitrogens is 2. The van der Waals surface area contributed by atoms with E-state index in [0.29, 0.717) is 19.2 Å². The van der Waals surface area contributed by atoms with Crippen molar-refractivity contribution in [3.05, 3.63) is 63.7 Å². The van der Waals surface area contributed by atoms with Crippen molar-refractivity contribution < 1.29 is 23.1 Å². The average molecular weight is 432 g/mol. The molecule has 1 atom stereocenters. The normalized spacial score (nSPS) is 16.3. The second-order valence-corrected chi connectivity index (χ2v) is 7.47. The summed E-state index contributed by atoms with van der Waals surface area (Å²) in [6, 6.07) is 3.66. The van der Waals surface area contributed by atoms with Gasteiger partial charge in [-0.2, -0.15) is 0 Å². The van der Waals surface area contributed by atoms with Crippen LogP contribution in [-0.2, 0) is 0 Å². The molecule has 162 valence electrons. The van der Waals surface area contributed by atoms with Crippen molar-refractivity contribution in [2.24, 2.45) is 5.92 Å². The molecule has 0 aliphatic carbocycles. The molecule has 1 unspecified atom stereocenters. The van der Waals surface area contributed by atoms with Gasteiger partial charge in [-0.3, -0.25) is 9.36 Å². The van der Waals surface area contributed by atoms with Gasteiger partial charge in [-0.25, -0.2) is 22.9 Å². The molecule has 1 aliphatic rings. The third kappa shape index (κ3) is 3.74. The van der Waals surface area contributed by atoms with Crippen molar-refractivity contribution >= 4 is 22.8 Å². The fraction of sp³-hybridized carbons (Fsp3) is 0.286. The highest BCUT2D eigenvalue weighted by Crippen LogP contribution is 2.28. The second kappa shape index (κ2) is 8.03. The van der Waals surface area contributed by atoms with Crippen molar-refractivity contribution in [3.8, 4) is 5.69 Å². The van der Waals surface area contributed by atoms with E-state index >= 15 is 0 Å². The first-order chi connectivity index (χ1) is 14.8. The number of hydrogen-bond acceptors (Lipinski definition) is 5. The Morgan fingerprint density at radius 1 is 1.26 bits per heavy atom. The first-order valence-electron chi connectivity index (χ1n) is 9.64. The quantitative estimate of drug-likeness (QED) is 0.645. The lowest BCUT2D eigenvalue weighted by Gasteiger charge is -2.20. The standard InChI is InChI=1S/C21H19F3N4O3/c1-25-8-11-4-5-27(9-11)20-16(24)7-13-18(29)14(21(30)31)10-28(19(13)26-20)17-3-2-12(22)6-15(17)23/h2-3,6-7,10-11,25H,4-5,8-9H2,1H3,(H,30,31). The SMILES string of the molecule is CNCC1CCN(c2nc3c(cc2F)c(=O)c(C(=O)O)cn3-c2ccc(F)cc2F)C1. The number of nitrogens with one attached hydrogen (secondary N) is 1. The van der Waals surface area contributed by atoms with Crippen LogP contribution >= 0.6 is 0 Å². The lowest BCUT2D eigenvalue weighted by molar-refractivity contribution is 0.0695. The van der Waals surface area contributed by atoms with Crippen LogP contribution in [0.5, 0.6) is 0 Å². The molecule has 0 bridgehead atoms. The first kappa shape index (κ1) is 20.9. The van der Waals surface area contributed by atoms with E-state index in [9.17, 15) is 27.9 Å². The summed E-state index contributed by atoms with van der Waals surface area (Å²) in [4.78, 5) is 30.2. The van der Waals surface area contributed by atoms with E-state index in [-0.39, 0.29) is 28.5 Å². The molecule has 31 heavy (non-hydrogen) atoms. The predicted molar refractivity (Wildman–Crippen MR) is 108 cm³/mol. The minimum atomic E-state index is -1.55. The molecule has 1 saturated heterocycles. The zero-order valence-corrected chi connectivity index (χ0v) is 16.5. The number of carbonyl (C=O) groups is 1. The zero-order valence-electron chi connectivity index (χ0n) is 16.5. The number of nitrogens with zero attached hydrogens (tertiary/aromatic N) is 3. The van der Waals surface area contributed by atoms with E-state index in [1.807, 2.05) is 7.05 Å².